The van der Waals surface area contributed by atoms with Crippen molar-refractivity contribution >= 4 is 85.3 Å². The first-order valence-corrected chi connectivity index (χ1v) is 8.40. The molecule has 0 N–H and O–H groups in total. The zero-order valence-corrected chi connectivity index (χ0v) is 15.3. The van der Waals surface area contributed by atoms with E-state index in [2.05, 4.69) is 100 Å². The molecule has 0 unspecified atom stereocenters. The summed E-state index contributed by atoms with van der Waals surface area (Å²) < 4.78 is 4.36. The summed E-state index contributed by atoms with van der Waals surface area (Å²) in [7, 11) is 0. The molecular weight excluding hydrogens is 488 g/mol. The van der Waals surface area contributed by atoms with Gasteiger partial charge >= 0.3 is 0 Å². The minimum Gasteiger partial charge on any atom is -0.0521 e. The molecule has 18 heavy (non-hydrogen) atoms. The van der Waals surface area contributed by atoms with Crippen molar-refractivity contribution in [1.82, 2.24) is 0 Å². The molecule has 0 aliphatic carbocycles. The first-order valence-electron chi connectivity index (χ1n) is 5.23. The number of fused-ring (bicyclic) bond motifs is 2. The highest BCUT2D eigenvalue weighted by Gasteiger charge is 2.08. The van der Waals surface area contributed by atoms with E-state index < -0.39 is 0 Å². The molecule has 0 amide bonds. The van der Waals surface area contributed by atoms with Crippen molar-refractivity contribution in [2.75, 3.05) is 0 Å². The average molecular weight is 494 g/mol. The van der Waals surface area contributed by atoms with Gasteiger partial charge in [0.1, 0.15) is 0 Å². The molecule has 0 saturated carbocycles. The highest BCUT2D eigenvalue weighted by molar-refractivity contribution is 9.13. The Kier molecular flexibility index (Phi) is 3.56. The summed E-state index contributed by atoms with van der Waals surface area (Å²) in [6.07, 6.45) is 0. The fraction of sp³-hybridized carbons (Fsp3) is 0. The Bertz CT molecular complexity index is 778. The second-order valence-corrected chi connectivity index (χ2v) is 7.46. The molecule has 0 atom stereocenters. The number of hydrogen-bond acceptors (Lipinski definition) is 0. The van der Waals surface area contributed by atoms with Gasteiger partial charge in [0.15, 0.2) is 0 Å². The molecule has 4 heteroatoms. The Morgan fingerprint density at radius 2 is 1.28 bits per heavy atom. The highest BCUT2D eigenvalue weighted by atomic mass is 79.9. The van der Waals surface area contributed by atoms with Gasteiger partial charge in [0.25, 0.3) is 0 Å². The molecule has 3 aromatic rings. The minimum absolute atomic E-state index is 1.06. The van der Waals surface area contributed by atoms with Gasteiger partial charge in [0, 0.05) is 17.9 Å². The van der Waals surface area contributed by atoms with Crippen LogP contribution in [-0.2, 0) is 0 Å². The summed E-state index contributed by atoms with van der Waals surface area (Å²) in [5, 5.41) is 4.86. The lowest BCUT2D eigenvalue weighted by atomic mass is 10.0. The van der Waals surface area contributed by atoms with E-state index in [0.29, 0.717) is 0 Å². The smallest absolute Gasteiger partial charge is 0.0332 e. The fourth-order valence-electron chi connectivity index (χ4n) is 2.04. The van der Waals surface area contributed by atoms with Crippen LogP contribution in [0, 0.1) is 0 Å². The van der Waals surface area contributed by atoms with E-state index in [1.54, 1.807) is 0 Å². The number of benzene rings is 3. The average Bonchev–Trinajstić information content (AvgIpc) is 2.32. The van der Waals surface area contributed by atoms with Crippen LogP contribution in [0.4, 0.5) is 0 Å². The summed E-state index contributed by atoms with van der Waals surface area (Å²) in [4.78, 5) is 0. The largest absolute Gasteiger partial charge is 0.0521 e. The molecule has 0 spiro atoms. The molecule has 0 heterocycles. The number of rotatable bonds is 0. The van der Waals surface area contributed by atoms with Crippen LogP contribution >= 0.6 is 63.7 Å². The molecule has 3 aromatic carbocycles. The van der Waals surface area contributed by atoms with Crippen LogP contribution in [0.3, 0.4) is 0 Å². The molecule has 0 saturated heterocycles. The predicted molar refractivity (Wildman–Crippen MR) is 92.3 cm³/mol. The van der Waals surface area contributed by atoms with E-state index >= 15 is 0 Å². The van der Waals surface area contributed by atoms with Crippen LogP contribution in [0.2, 0.25) is 0 Å². The van der Waals surface area contributed by atoms with Crippen molar-refractivity contribution in [1.29, 1.82) is 0 Å². The molecule has 0 aliphatic heterocycles. The molecule has 0 radical (unpaired) electrons. The van der Waals surface area contributed by atoms with E-state index in [1.807, 2.05) is 0 Å². The van der Waals surface area contributed by atoms with Gasteiger partial charge in [0.2, 0.25) is 0 Å². The van der Waals surface area contributed by atoms with Crippen LogP contribution in [-0.4, -0.2) is 0 Å². The molecule has 90 valence electrons. The van der Waals surface area contributed by atoms with Crippen molar-refractivity contribution in [3.63, 3.8) is 0 Å². The zero-order valence-electron chi connectivity index (χ0n) is 8.98. The van der Waals surface area contributed by atoms with Crippen LogP contribution < -0.4 is 0 Å². The first-order chi connectivity index (χ1) is 8.56. The van der Waals surface area contributed by atoms with Gasteiger partial charge in [-0.2, -0.15) is 0 Å². The Morgan fingerprint density at radius 1 is 0.611 bits per heavy atom. The van der Waals surface area contributed by atoms with E-state index in [0.717, 1.165) is 17.9 Å². The summed E-state index contributed by atoms with van der Waals surface area (Å²) in [6, 6.07) is 12.8. The molecule has 0 nitrogen and oxygen atoms in total. The Balaban J connectivity index is 2.52. The molecule has 0 aromatic heterocycles. The SMILES string of the molecule is Brc1ccc2c(Br)c3cc(Br)c(Br)cc3cc2c1. The van der Waals surface area contributed by atoms with Crippen LogP contribution in [0.5, 0.6) is 0 Å². The first kappa shape index (κ1) is 13.1. The lowest BCUT2D eigenvalue weighted by Crippen LogP contribution is -1.81. The highest BCUT2D eigenvalue weighted by Crippen LogP contribution is 2.37. The van der Waals surface area contributed by atoms with E-state index in [-0.39, 0.29) is 0 Å². The third kappa shape index (κ3) is 2.17. The maximum atomic E-state index is 3.71. The van der Waals surface area contributed by atoms with Gasteiger partial charge in [-0.25, -0.2) is 0 Å². The van der Waals surface area contributed by atoms with Gasteiger partial charge in [-0.05, 0) is 99.7 Å². The predicted octanol–water partition coefficient (Wildman–Crippen LogP) is 7.04. The molecule has 0 bridgehead atoms. The Morgan fingerprint density at radius 3 is 2.06 bits per heavy atom. The van der Waals surface area contributed by atoms with Crippen LogP contribution in [0.25, 0.3) is 21.5 Å². The standard InChI is InChI=1S/C14H6Br4/c15-9-1-2-10-7(4-9)3-8-5-12(16)13(17)6-11(8)14(10)18/h1-6H. The Labute approximate surface area is 138 Å². The molecular formula is C14H6Br4. The van der Waals surface area contributed by atoms with E-state index in [9.17, 15) is 0 Å². The third-order valence-corrected chi connectivity index (χ3v) is 6.08. The lowest BCUT2D eigenvalue weighted by Gasteiger charge is -2.08. The third-order valence-electron chi connectivity index (χ3n) is 2.89. The maximum absolute atomic E-state index is 3.71. The number of halogens is 4. The maximum Gasteiger partial charge on any atom is 0.0332 e. The quantitative estimate of drug-likeness (QED) is 0.295. The monoisotopic (exact) mass is 490 g/mol. The van der Waals surface area contributed by atoms with Gasteiger partial charge in [-0.1, -0.05) is 22.0 Å². The molecule has 0 fully saturated rings. The lowest BCUT2D eigenvalue weighted by molar-refractivity contribution is 1.64. The van der Waals surface area contributed by atoms with Crippen molar-refractivity contribution < 1.29 is 0 Å². The molecule has 0 aliphatic rings. The number of hydrogen-bond donors (Lipinski definition) is 0. The van der Waals surface area contributed by atoms with Gasteiger partial charge in [-0.3, -0.25) is 0 Å². The van der Waals surface area contributed by atoms with Gasteiger partial charge in [-0.15, -0.1) is 0 Å². The van der Waals surface area contributed by atoms with Crippen LogP contribution in [0.15, 0.2) is 54.3 Å². The van der Waals surface area contributed by atoms with Crippen molar-refractivity contribution in [2.24, 2.45) is 0 Å². The summed E-state index contributed by atoms with van der Waals surface area (Å²) in [6.45, 7) is 0. The van der Waals surface area contributed by atoms with Gasteiger partial charge < -0.3 is 0 Å². The normalized spacial score (nSPS) is 11.3. The summed E-state index contributed by atoms with van der Waals surface area (Å²) >= 11 is 14.3. The topological polar surface area (TPSA) is 0 Å². The van der Waals surface area contributed by atoms with E-state index in [1.165, 1.54) is 21.5 Å². The van der Waals surface area contributed by atoms with Crippen LogP contribution in [0.1, 0.15) is 0 Å². The van der Waals surface area contributed by atoms with Crippen molar-refractivity contribution in [3.8, 4) is 0 Å². The van der Waals surface area contributed by atoms with Crippen molar-refractivity contribution in [3.05, 3.63) is 54.3 Å². The minimum atomic E-state index is 1.06. The fourth-order valence-corrected chi connectivity index (χ4v) is 3.82. The molecule has 3 rings (SSSR count). The van der Waals surface area contributed by atoms with Gasteiger partial charge in [0.05, 0.1) is 0 Å². The zero-order chi connectivity index (χ0) is 12.9. The summed E-state index contributed by atoms with van der Waals surface area (Å²) in [5.41, 5.74) is 0. The van der Waals surface area contributed by atoms with E-state index in [4.69, 9.17) is 0 Å². The summed E-state index contributed by atoms with van der Waals surface area (Å²) in [5.74, 6) is 0. The Hall–Kier alpha value is 0.1000. The second-order valence-electron chi connectivity index (χ2n) is 4.04. The second kappa shape index (κ2) is 4.89. The van der Waals surface area contributed by atoms with Crippen molar-refractivity contribution in [2.45, 2.75) is 0 Å².